The zero-order valence-corrected chi connectivity index (χ0v) is 25.6. The molecule has 0 aromatic heterocycles. The van der Waals surface area contributed by atoms with E-state index in [2.05, 4.69) is 33.9 Å². The van der Waals surface area contributed by atoms with E-state index in [1.165, 1.54) is 31.4 Å². The van der Waals surface area contributed by atoms with Crippen LogP contribution in [0, 0.1) is 11.7 Å². The van der Waals surface area contributed by atoms with Gasteiger partial charge in [-0.3, -0.25) is 4.31 Å². The summed E-state index contributed by atoms with van der Waals surface area (Å²) in [5.41, 5.74) is 1.51. The van der Waals surface area contributed by atoms with Crippen molar-refractivity contribution >= 4 is 30.0 Å². The molecule has 212 valence electrons. The molecule has 2 saturated carbocycles. The lowest BCUT2D eigenvalue weighted by Crippen LogP contribution is -2.52. The van der Waals surface area contributed by atoms with Crippen LogP contribution in [0.15, 0.2) is 47.4 Å². The summed E-state index contributed by atoms with van der Waals surface area (Å²) in [4.78, 5) is 12.6. The second-order valence-electron chi connectivity index (χ2n) is 13.0. The van der Waals surface area contributed by atoms with E-state index in [0.29, 0.717) is 11.3 Å². The Hall–Kier alpha value is -2.23. The molecule has 1 atom stereocenters. The van der Waals surface area contributed by atoms with Gasteiger partial charge in [-0.05, 0) is 111 Å². The Kier molecular flexibility index (Phi) is 7.04. The molecule has 1 heterocycles. The van der Waals surface area contributed by atoms with E-state index in [0.717, 1.165) is 44.1 Å². The summed E-state index contributed by atoms with van der Waals surface area (Å²) in [5.74, 6) is -0.688. The van der Waals surface area contributed by atoms with E-state index >= 15 is 0 Å². The number of carbonyl (C=O) groups is 1. The lowest BCUT2D eigenvalue weighted by Gasteiger charge is -2.46. The Labute approximate surface area is 233 Å². The first-order valence-corrected chi connectivity index (χ1v) is 18.3. The molecule has 2 aromatic rings. The highest BCUT2D eigenvalue weighted by Gasteiger charge is 2.60. The highest BCUT2D eigenvalue weighted by atomic mass is 32.2. The van der Waals surface area contributed by atoms with E-state index in [-0.39, 0.29) is 28.0 Å². The fourth-order valence-electron chi connectivity index (χ4n) is 6.34. The number of methoxy groups -OCH3 is 1. The van der Waals surface area contributed by atoms with Crippen LogP contribution in [0.3, 0.4) is 0 Å². The van der Waals surface area contributed by atoms with E-state index in [1.54, 1.807) is 16.4 Å². The van der Waals surface area contributed by atoms with E-state index in [1.807, 2.05) is 6.07 Å². The van der Waals surface area contributed by atoms with Gasteiger partial charge < -0.3 is 9.16 Å². The fraction of sp³-hybridized carbons (Fsp3) is 0.567. The molecule has 39 heavy (non-hydrogen) atoms. The van der Waals surface area contributed by atoms with Gasteiger partial charge in [0, 0.05) is 11.5 Å². The van der Waals surface area contributed by atoms with Crippen molar-refractivity contribution in [2.45, 2.75) is 99.9 Å². The number of esters is 1. The number of carbonyl (C=O) groups excluding carboxylic acids is 1. The highest BCUT2D eigenvalue weighted by molar-refractivity contribution is 7.92. The van der Waals surface area contributed by atoms with Crippen molar-refractivity contribution in [1.29, 1.82) is 0 Å². The van der Waals surface area contributed by atoms with Gasteiger partial charge in [0.2, 0.25) is 0 Å². The summed E-state index contributed by atoms with van der Waals surface area (Å²) < 4.78 is 55.5. The Balaban J connectivity index is 1.58. The molecule has 1 aliphatic heterocycles. The molecule has 1 spiro atoms. The molecule has 3 aliphatic rings. The summed E-state index contributed by atoms with van der Waals surface area (Å²) in [5, 5.41) is 0.105. The van der Waals surface area contributed by atoms with Crippen LogP contribution in [0.4, 0.5) is 10.1 Å². The number of benzene rings is 2. The van der Waals surface area contributed by atoms with Gasteiger partial charge in [0.15, 0.2) is 8.32 Å². The molecule has 0 N–H and O–H groups in total. The Bertz CT molecular complexity index is 1360. The molecule has 2 aliphatic carbocycles. The molecule has 0 saturated heterocycles. The molecule has 0 amide bonds. The number of fused-ring (bicyclic) bond motifs is 2. The Morgan fingerprint density at radius 2 is 1.64 bits per heavy atom. The maximum atomic E-state index is 14.2. The van der Waals surface area contributed by atoms with Crippen LogP contribution in [0.1, 0.15) is 75.2 Å². The van der Waals surface area contributed by atoms with Crippen LogP contribution in [-0.4, -0.2) is 42.0 Å². The van der Waals surface area contributed by atoms with Crippen LogP contribution in [0.5, 0.6) is 0 Å². The highest BCUT2D eigenvalue weighted by Crippen LogP contribution is 2.60. The molecule has 2 aromatic carbocycles. The summed E-state index contributed by atoms with van der Waals surface area (Å²) in [7, 11) is -4.58. The number of hydrogen-bond acceptors (Lipinski definition) is 5. The quantitative estimate of drug-likeness (QED) is 0.281. The Morgan fingerprint density at radius 1 is 1.03 bits per heavy atom. The van der Waals surface area contributed by atoms with Crippen molar-refractivity contribution in [3.63, 3.8) is 0 Å². The third-order valence-electron chi connectivity index (χ3n) is 9.54. The summed E-state index contributed by atoms with van der Waals surface area (Å²) in [6.07, 6.45) is 5.28. The number of hydrogen-bond donors (Lipinski definition) is 0. The van der Waals surface area contributed by atoms with Gasteiger partial charge >= 0.3 is 5.97 Å². The van der Waals surface area contributed by atoms with Gasteiger partial charge in [0.25, 0.3) is 10.0 Å². The molecule has 6 nitrogen and oxygen atoms in total. The van der Waals surface area contributed by atoms with Gasteiger partial charge in [-0.25, -0.2) is 17.6 Å². The maximum Gasteiger partial charge on any atom is 0.337 e. The number of anilines is 1. The van der Waals surface area contributed by atoms with Crippen molar-refractivity contribution in [2.24, 2.45) is 5.92 Å². The monoisotopic (exact) mass is 573 g/mol. The largest absolute Gasteiger partial charge is 0.465 e. The van der Waals surface area contributed by atoms with E-state index < -0.39 is 35.5 Å². The first kappa shape index (κ1) is 28.3. The zero-order valence-electron chi connectivity index (χ0n) is 23.8. The molecule has 0 radical (unpaired) electrons. The number of sulfonamides is 1. The Morgan fingerprint density at radius 3 is 2.18 bits per heavy atom. The third-order valence-corrected chi connectivity index (χ3v) is 15.9. The van der Waals surface area contributed by atoms with Gasteiger partial charge in [0.1, 0.15) is 5.82 Å². The topological polar surface area (TPSA) is 72.9 Å². The number of rotatable bonds is 6. The normalized spacial score (nSPS) is 25.6. The van der Waals surface area contributed by atoms with Crippen LogP contribution in [0.2, 0.25) is 18.1 Å². The molecular weight excluding hydrogens is 533 g/mol. The predicted octanol–water partition coefficient (Wildman–Crippen LogP) is 6.80. The van der Waals surface area contributed by atoms with Crippen molar-refractivity contribution in [1.82, 2.24) is 0 Å². The van der Waals surface area contributed by atoms with Gasteiger partial charge in [0.05, 0.1) is 29.3 Å². The van der Waals surface area contributed by atoms with E-state index in [9.17, 15) is 17.6 Å². The standard InChI is InChI=1S/C30H40FNO5SSi/c1-29(2,3)39(5,6)37-23-15-17-30(18-16-23)25-19-21(28(33)36-4)9-14-26(25)32(27(30)20-7-8-20)38(34,35)24-12-10-22(31)11-13-24/h9-14,19-20,23,27H,7-8,15-18H2,1-6H3. The lowest BCUT2D eigenvalue weighted by atomic mass is 9.64. The smallest absolute Gasteiger partial charge is 0.337 e. The first-order chi connectivity index (χ1) is 18.2. The van der Waals surface area contributed by atoms with Crippen molar-refractivity contribution in [3.05, 3.63) is 59.4 Å². The van der Waals surface area contributed by atoms with Gasteiger partial charge in [-0.1, -0.05) is 20.8 Å². The SMILES string of the molecule is COC(=O)c1ccc2c(c1)C1(CCC(O[Si](C)(C)C(C)(C)C)CC1)C(C1CC1)N2S(=O)(=O)c1ccc(F)cc1. The lowest BCUT2D eigenvalue weighted by molar-refractivity contribution is 0.0600. The second kappa shape index (κ2) is 9.70. The first-order valence-electron chi connectivity index (χ1n) is 13.9. The van der Waals surface area contributed by atoms with Crippen molar-refractivity contribution in [3.8, 4) is 0 Å². The summed E-state index contributed by atoms with van der Waals surface area (Å²) in [6, 6.07) is 10.1. The third kappa shape index (κ3) is 4.84. The second-order valence-corrected chi connectivity index (χ2v) is 19.6. The minimum Gasteiger partial charge on any atom is -0.465 e. The molecule has 9 heteroatoms. The van der Waals surface area contributed by atoms with Crippen molar-refractivity contribution < 1.29 is 26.8 Å². The number of ether oxygens (including phenoxy) is 1. The number of halogens is 1. The van der Waals surface area contributed by atoms with Crippen LogP contribution in [-0.2, 0) is 24.6 Å². The van der Waals surface area contributed by atoms with Crippen LogP contribution >= 0.6 is 0 Å². The maximum absolute atomic E-state index is 14.2. The van der Waals surface area contributed by atoms with Gasteiger partial charge in [-0.2, -0.15) is 0 Å². The summed E-state index contributed by atoms with van der Waals surface area (Å²) >= 11 is 0. The molecule has 2 fully saturated rings. The van der Waals surface area contributed by atoms with Gasteiger partial charge in [-0.15, -0.1) is 0 Å². The average Bonchev–Trinajstić information content (AvgIpc) is 3.68. The van der Waals surface area contributed by atoms with E-state index in [4.69, 9.17) is 9.16 Å². The molecule has 0 bridgehead atoms. The minimum absolute atomic E-state index is 0.0736. The zero-order chi connectivity index (χ0) is 28.4. The predicted molar refractivity (Wildman–Crippen MR) is 153 cm³/mol. The van der Waals surface area contributed by atoms with Crippen molar-refractivity contribution in [2.75, 3.05) is 11.4 Å². The summed E-state index contributed by atoms with van der Waals surface area (Å²) in [6.45, 7) is 11.3. The van der Waals surface area contributed by atoms with Crippen LogP contribution < -0.4 is 4.31 Å². The minimum atomic E-state index is -3.97. The molecule has 5 rings (SSSR count). The van der Waals surface area contributed by atoms with Crippen LogP contribution in [0.25, 0.3) is 0 Å². The molecule has 1 unspecified atom stereocenters. The fourth-order valence-corrected chi connectivity index (χ4v) is 9.56. The average molecular weight is 574 g/mol. The molecular formula is C30H40FNO5SSi. The number of nitrogens with zero attached hydrogens (tertiary/aromatic N) is 1.